The van der Waals surface area contributed by atoms with Gasteiger partial charge in [0.25, 0.3) is 0 Å². The summed E-state index contributed by atoms with van der Waals surface area (Å²) >= 11 is 0. The molecular formula is C26H32N2O7. The van der Waals surface area contributed by atoms with Crippen molar-refractivity contribution in [3.63, 3.8) is 0 Å². The molecular weight excluding hydrogens is 452 g/mol. The van der Waals surface area contributed by atoms with E-state index in [1.54, 1.807) is 7.11 Å². The van der Waals surface area contributed by atoms with Crippen molar-refractivity contribution >= 4 is 5.97 Å². The van der Waals surface area contributed by atoms with Gasteiger partial charge < -0.3 is 24.1 Å². The zero-order chi connectivity index (χ0) is 24.7. The van der Waals surface area contributed by atoms with Gasteiger partial charge in [-0.3, -0.25) is 14.5 Å². The number of nitrogens with zero attached hydrogens (tertiary/aromatic N) is 2. The van der Waals surface area contributed by atoms with Gasteiger partial charge in [0.15, 0.2) is 5.43 Å². The predicted molar refractivity (Wildman–Crippen MR) is 129 cm³/mol. The molecule has 0 aliphatic carbocycles. The fraction of sp³-hybridized carbons (Fsp3) is 0.538. The third kappa shape index (κ3) is 4.32. The highest BCUT2D eigenvalue weighted by Gasteiger charge is 2.45. The Morgan fingerprint density at radius 2 is 2.03 bits per heavy atom. The van der Waals surface area contributed by atoms with Crippen LogP contribution in [-0.4, -0.2) is 60.9 Å². The highest BCUT2D eigenvalue weighted by atomic mass is 16.6. The molecule has 9 nitrogen and oxygen atoms in total. The van der Waals surface area contributed by atoms with Crippen molar-refractivity contribution in [2.24, 2.45) is 0 Å². The lowest BCUT2D eigenvalue weighted by molar-refractivity contribution is -0.130. The number of aromatic carboxylic acids is 1. The van der Waals surface area contributed by atoms with Gasteiger partial charge in [0.05, 0.1) is 50.3 Å². The van der Waals surface area contributed by atoms with Crippen LogP contribution in [0.4, 0.5) is 0 Å². The molecule has 0 unspecified atom stereocenters. The number of carboxylic acids is 1. The van der Waals surface area contributed by atoms with E-state index in [0.29, 0.717) is 38.7 Å². The second kappa shape index (κ2) is 9.29. The van der Waals surface area contributed by atoms with Gasteiger partial charge >= 0.3 is 5.97 Å². The Morgan fingerprint density at radius 1 is 1.23 bits per heavy atom. The zero-order valence-corrected chi connectivity index (χ0v) is 20.4. The Kier molecular flexibility index (Phi) is 6.33. The summed E-state index contributed by atoms with van der Waals surface area (Å²) in [6, 6.07) is 5.57. The Bertz CT molecular complexity index is 1180. The predicted octanol–water partition coefficient (Wildman–Crippen LogP) is 3.11. The summed E-state index contributed by atoms with van der Waals surface area (Å²) in [4.78, 5) is 24.4. The maximum Gasteiger partial charge on any atom is 0.341 e. The van der Waals surface area contributed by atoms with E-state index in [1.165, 1.54) is 12.3 Å². The number of carboxylic acid groups (broad SMARTS) is 1. The van der Waals surface area contributed by atoms with Crippen LogP contribution in [0.1, 0.15) is 60.6 Å². The number of methoxy groups -OCH3 is 1. The SMILES string of the molecule is COCc1cc2c(cc1OCCCOC1COC1)[C@H]1CCC(C)(C)N1n1cc(C(=O)O)c(=O)cc1-2. The molecule has 5 rings (SSSR count). The normalized spacial score (nSPS) is 20.1. The zero-order valence-electron chi connectivity index (χ0n) is 20.4. The van der Waals surface area contributed by atoms with Crippen LogP contribution < -0.4 is 15.2 Å². The number of rotatable bonds is 9. The van der Waals surface area contributed by atoms with Crippen LogP contribution in [0.5, 0.6) is 5.75 Å². The first-order chi connectivity index (χ1) is 16.8. The average Bonchev–Trinajstić information content (AvgIpc) is 3.10. The molecule has 0 amide bonds. The van der Waals surface area contributed by atoms with E-state index in [2.05, 4.69) is 24.9 Å². The lowest BCUT2D eigenvalue weighted by atomic mass is 9.92. The molecule has 1 atom stereocenters. The van der Waals surface area contributed by atoms with E-state index in [0.717, 1.165) is 41.7 Å². The quantitative estimate of drug-likeness (QED) is 0.542. The lowest BCUT2D eigenvalue weighted by Crippen LogP contribution is -2.50. The number of fused-ring (bicyclic) bond motifs is 6. The van der Waals surface area contributed by atoms with Crippen LogP contribution in [0.15, 0.2) is 29.2 Å². The van der Waals surface area contributed by atoms with Crippen molar-refractivity contribution in [3.8, 4) is 17.0 Å². The molecule has 0 spiro atoms. The number of benzene rings is 1. The molecule has 1 aromatic carbocycles. The summed E-state index contributed by atoms with van der Waals surface area (Å²) in [5.74, 6) is -0.456. The topological polar surface area (TPSA) is 99.5 Å². The van der Waals surface area contributed by atoms with Gasteiger partial charge in [0.1, 0.15) is 17.4 Å². The van der Waals surface area contributed by atoms with E-state index in [9.17, 15) is 14.7 Å². The Labute approximate surface area is 204 Å². The van der Waals surface area contributed by atoms with Gasteiger partial charge in [-0.05, 0) is 44.4 Å². The molecule has 0 radical (unpaired) electrons. The van der Waals surface area contributed by atoms with E-state index in [4.69, 9.17) is 18.9 Å². The van der Waals surface area contributed by atoms with Crippen molar-refractivity contribution < 1.29 is 28.8 Å². The first-order valence-electron chi connectivity index (χ1n) is 12.1. The smallest absolute Gasteiger partial charge is 0.341 e. The van der Waals surface area contributed by atoms with Crippen LogP contribution >= 0.6 is 0 Å². The first-order valence-corrected chi connectivity index (χ1v) is 12.1. The second-order valence-corrected chi connectivity index (χ2v) is 10.0. The highest BCUT2D eigenvalue weighted by Crippen LogP contribution is 2.49. The summed E-state index contributed by atoms with van der Waals surface area (Å²) in [6.45, 7) is 7.10. The largest absolute Gasteiger partial charge is 0.493 e. The van der Waals surface area contributed by atoms with Crippen LogP contribution in [0, 0.1) is 0 Å². The summed E-state index contributed by atoms with van der Waals surface area (Å²) < 4.78 is 24.4. The third-order valence-corrected chi connectivity index (χ3v) is 7.11. The van der Waals surface area contributed by atoms with Gasteiger partial charge in [-0.25, -0.2) is 4.79 Å². The van der Waals surface area contributed by atoms with Crippen LogP contribution in [0.2, 0.25) is 0 Å². The van der Waals surface area contributed by atoms with Crippen molar-refractivity contribution in [2.75, 3.05) is 38.5 Å². The molecule has 0 bridgehead atoms. The molecule has 0 saturated carbocycles. The van der Waals surface area contributed by atoms with E-state index < -0.39 is 11.4 Å². The van der Waals surface area contributed by atoms with Gasteiger partial charge in [-0.1, -0.05) is 0 Å². The summed E-state index contributed by atoms with van der Waals surface area (Å²) in [5, 5.41) is 11.8. The number of pyridine rings is 1. The number of hydrogen-bond donors (Lipinski definition) is 1. The molecule has 9 heteroatoms. The van der Waals surface area contributed by atoms with Crippen LogP contribution in [0.25, 0.3) is 11.3 Å². The maximum atomic E-state index is 12.7. The standard InChI is InChI=1S/C26H32N2O7/c1-26(2)6-5-21-19-10-24(35-8-4-7-34-17-14-33-15-17)16(13-32-3)9-18(19)22-11-23(29)20(25(30)31)12-27(22)28(21)26/h9-12,17,21H,4-8,13-15H2,1-3H3,(H,30,31)/t21-/m1/s1. The molecule has 2 saturated heterocycles. The fourth-order valence-corrected chi connectivity index (χ4v) is 5.28. The van der Waals surface area contributed by atoms with Crippen molar-refractivity contribution in [3.05, 3.63) is 51.3 Å². The van der Waals surface area contributed by atoms with Gasteiger partial charge in [-0.15, -0.1) is 0 Å². The van der Waals surface area contributed by atoms with Gasteiger partial charge in [-0.2, -0.15) is 0 Å². The molecule has 2 aromatic rings. The lowest BCUT2D eigenvalue weighted by Gasteiger charge is -2.44. The minimum absolute atomic E-state index is 0.0394. The minimum atomic E-state index is -1.22. The monoisotopic (exact) mass is 484 g/mol. The van der Waals surface area contributed by atoms with Crippen LogP contribution in [-0.2, 0) is 20.8 Å². The number of hydrogen-bond acceptors (Lipinski definition) is 7. The van der Waals surface area contributed by atoms with Gasteiger partial charge in [0.2, 0.25) is 0 Å². The summed E-state index contributed by atoms with van der Waals surface area (Å²) in [5.41, 5.74) is 2.60. The van der Waals surface area contributed by atoms with E-state index >= 15 is 0 Å². The number of carbonyl (C=O) groups is 1. The van der Waals surface area contributed by atoms with E-state index in [1.807, 2.05) is 10.7 Å². The van der Waals surface area contributed by atoms with Crippen molar-refractivity contribution in [1.82, 2.24) is 4.68 Å². The second-order valence-electron chi connectivity index (χ2n) is 10.0. The summed E-state index contributed by atoms with van der Waals surface area (Å²) in [6.07, 6.45) is 4.28. The molecule has 3 aliphatic heterocycles. The molecule has 35 heavy (non-hydrogen) atoms. The molecule has 4 heterocycles. The molecule has 1 N–H and O–H groups in total. The van der Waals surface area contributed by atoms with E-state index in [-0.39, 0.29) is 23.2 Å². The Balaban J connectivity index is 1.51. The Morgan fingerprint density at radius 3 is 2.71 bits per heavy atom. The number of ether oxygens (including phenoxy) is 4. The third-order valence-electron chi connectivity index (χ3n) is 7.11. The molecule has 188 valence electrons. The molecule has 3 aliphatic rings. The summed E-state index contributed by atoms with van der Waals surface area (Å²) in [7, 11) is 1.64. The molecule has 2 fully saturated rings. The average molecular weight is 485 g/mol. The minimum Gasteiger partial charge on any atom is -0.493 e. The highest BCUT2D eigenvalue weighted by molar-refractivity contribution is 5.88. The van der Waals surface area contributed by atoms with Gasteiger partial charge in [0, 0.05) is 36.9 Å². The fourth-order valence-electron chi connectivity index (χ4n) is 5.28. The first kappa shape index (κ1) is 23.8. The number of aromatic nitrogens is 1. The van der Waals surface area contributed by atoms with Crippen molar-refractivity contribution in [2.45, 2.75) is 57.4 Å². The van der Waals surface area contributed by atoms with Crippen molar-refractivity contribution in [1.29, 1.82) is 0 Å². The maximum absolute atomic E-state index is 12.7. The Hall–Kier alpha value is -2.88. The molecule has 1 aromatic heterocycles. The van der Waals surface area contributed by atoms with Crippen LogP contribution in [0.3, 0.4) is 0 Å².